The van der Waals surface area contributed by atoms with Gasteiger partial charge in [0.1, 0.15) is 0 Å². The highest BCUT2D eigenvalue weighted by molar-refractivity contribution is 6.31. The number of aromatic nitrogens is 4. The Kier molecular flexibility index (Phi) is 3.75. The second kappa shape index (κ2) is 5.17. The van der Waals surface area contributed by atoms with Crippen LogP contribution in [0.1, 0.15) is 27.2 Å². The molecule has 0 radical (unpaired) electrons. The van der Waals surface area contributed by atoms with E-state index in [1.807, 2.05) is 0 Å². The van der Waals surface area contributed by atoms with Gasteiger partial charge < -0.3 is 5.73 Å². The number of nitrogens with zero attached hydrogens (tertiary/aromatic N) is 4. The summed E-state index contributed by atoms with van der Waals surface area (Å²) in [7, 11) is 0. The quantitative estimate of drug-likeness (QED) is 0.874. The molecule has 102 valence electrons. The molecule has 0 saturated heterocycles. The molecule has 1 aromatic carbocycles. The molecule has 19 heavy (non-hydrogen) atoms. The van der Waals surface area contributed by atoms with Crippen molar-refractivity contribution in [3.8, 4) is 11.4 Å². The van der Waals surface area contributed by atoms with Gasteiger partial charge in [0.15, 0.2) is 5.82 Å². The van der Waals surface area contributed by atoms with Gasteiger partial charge in [0.2, 0.25) is 0 Å². The topological polar surface area (TPSA) is 69.6 Å². The van der Waals surface area contributed by atoms with Crippen LogP contribution in [0.25, 0.3) is 11.4 Å². The summed E-state index contributed by atoms with van der Waals surface area (Å²) < 4.78 is 1.78. The predicted octanol–water partition coefficient (Wildman–Crippen LogP) is 3.01. The van der Waals surface area contributed by atoms with Crippen molar-refractivity contribution in [2.24, 2.45) is 5.41 Å². The van der Waals surface area contributed by atoms with E-state index in [1.165, 1.54) is 0 Å². The zero-order valence-corrected chi connectivity index (χ0v) is 12.1. The summed E-state index contributed by atoms with van der Waals surface area (Å²) in [5.74, 6) is 0.654. The standard InChI is InChI=1S/C13H18ClN5/c1-4-13(2,3)8-19-12(16-17-18-19)10-7-9(14)5-6-11(10)15/h5-7H,4,8,15H2,1-3H3. The normalized spacial score (nSPS) is 11.8. The monoisotopic (exact) mass is 279 g/mol. The summed E-state index contributed by atoms with van der Waals surface area (Å²) in [5, 5.41) is 12.5. The zero-order chi connectivity index (χ0) is 14.0. The molecule has 1 heterocycles. The minimum absolute atomic E-state index is 0.122. The maximum atomic E-state index is 6.01. The average molecular weight is 280 g/mol. The molecule has 0 bridgehead atoms. The second-order valence-electron chi connectivity index (χ2n) is 5.41. The molecule has 0 aliphatic heterocycles. The summed E-state index contributed by atoms with van der Waals surface area (Å²) in [5.41, 5.74) is 7.49. The number of halogens is 1. The molecule has 2 aromatic rings. The first kappa shape index (κ1) is 13.8. The minimum Gasteiger partial charge on any atom is -0.398 e. The number of tetrazole rings is 1. The lowest BCUT2D eigenvalue weighted by molar-refractivity contribution is 0.279. The van der Waals surface area contributed by atoms with Crippen LogP contribution < -0.4 is 5.73 Å². The Balaban J connectivity index is 2.42. The molecular weight excluding hydrogens is 262 g/mol. The van der Waals surface area contributed by atoms with Crippen molar-refractivity contribution >= 4 is 17.3 Å². The van der Waals surface area contributed by atoms with Crippen LogP contribution in [-0.2, 0) is 6.54 Å². The highest BCUT2D eigenvalue weighted by Gasteiger charge is 2.20. The molecule has 0 fully saturated rings. The van der Waals surface area contributed by atoms with Gasteiger partial charge in [0.05, 0.1) is 6.54 Å². The number of hydrogen-bond acceptors (Lipinski definition) is 4. The average Bonchev–Trinajstić information content (AvgIpc) is 2.79. The molecule has 0 spiro atoms. The van der Waals surface area contributed by atoms with Crippen LogP contribution in [0.15, 0.2) is 18.2 Å². The van der Waals surface area contributed by atoms with Crippen molar-refractivity contribution in [3.05, 3.63) is 23.2 Å². The SMILES string of the molecule is CCC(C)(C)Cn1nnnc1-c1cc(Cl)ccc1N. The van der Waals surface area contributed by atoms with Gasteiger partial charge in [0.25, 0.3) is 0 Å². The number of nitrogens with two attached hydrogens (primary N) is 1. The van der Waals surface area contributed by atoms with E-state index < -0.39 is 0 Å². The maximum Gasteiger partial charge on any atom is 0.184 e. The predicted molar refractivity (Wildman–Crippen MR) is 76.7 cm³/mol. The molecule has 2 N–H and O–H groups in total. The van der Waals surface area contributed by atoms with Crippen LogP contribution in [0.2, 0.25) is 5.02 Å². The third-order valence-corrected chi connectivity index (χ3v) is 3.56. The van der Waals surface area contributed by atoms with E-state index in [9.17, 15) is 0 Å². The van der Waals surface area contributed by atoms with E-state index in [0.29, 0.717) is 16.5 Å². The van der Waals surface area contributed by atoms with Crippen LogP contribution >= 0.6 is 11.6 Å². The Morgan fingerprint density at radius 3 is 2.79 bits per heavy atom. The fraction of sp³-hybridized carbons (Fsp3) is 0.462. The highest BCUT2D eigenvalue weighted by Crippen LogP contribution is 2.29. The fourth-order valence-corrected chi connectivity index (χ4v) is 1.92. The molecule has 0 saturated carbocycles. The van der Waals surface area contributed by atoms with Gasteiger partial charge in [-0.1, -0.05) is 32.4 Å². The molecule has 0 aliphatic carbocycles. The van der Waals surface area contributed by atoms with Crippen LogP contribution in [0, 0.1) is 5.41 Å². The zero-order valence-electron chi connectivity index (χ0n) is 11.4. The lowest BCUT2D eigenvalue weighted by Gasteiger charge is -2.22. The fourth-order valence-electron chi connectivity index (χ4n) is 1.74. The van der Waals surface area contributed by atoms with Crippen molar-refractivity contribution in [2.75, 3.05) is 5.73 Å². The first-order valence-electron chi connectivity index (χ1n) is 6.24. The molecule has 0 unspecified atom stereocenters. The van der Waals surface area contributed by atoms with Crippen molar-refractivity contribution in [2.45, 2.75) is 33.7 Å². The van der Waals surface area contributed by atoms with Gasteiger partial charge in [0, 0.05) is 16.3 Å². The van der Waals surface area contributed by atoms with Crippen molar-refractivity contribution < 1.29 is 0 Å². The first-order valence-corrected chi connectivity index (χ1v) is 6.62. The van der Waals surface area contributed by atoms with Crippen molar-refractivity contribution in [1.29, 1.82) is 0 Å². The van der Waals surface area contributed by atoms with Gasteiger partial charge in [-0.15, -0.1) is 5.10 Å². The Morgan fingerprint density at radius 1 is 1.37 bits per heavy atom. The van der Waals surface area contributed by atoms with E-state index >= 15 is 0 Å². The van der Waals surface area contributed by atoms with Crippen LogP contribution in [0.5, 0.6) is 0 Å². The Labute approximate surface area is 117 Å². The lowest BCUT2D eigenvalue weighted by Crippen LogP contribution is -2.20. The molecule has 6 heteroatoms. The summed E-state index contributed by atoms with van der Waals surface area (Å²) in [6.45, 7) is 7.25. The van der Waals surface area contributed by atoms with Gasteiger partial charge in [-0.25, -0.2) is 4.68 Å². The van der Waals surface area contributed by atoms with Gasteiger partial charge in [-0.3, -0.25) is 0 Å². The smallest absolute Gasteiger partial charge is 0.184 e. The summed E-state index contributed by atoms with van der Waals surface area (Å²) in [6, 6.07) is 5.31. The summed E-state index contributed by atoms with van der Waals surface area (Å²) >= 11 is 6.01. The lowest BCUT2D eigenvalue weighted by atomic mass is 9.90. The number of benzene rings is 1. The van der Waals surface area contributed by atoms with E-state index in [2.05, 4.69) is 36.3 Å². The first-order chi connectivity index (χ1) is 8.93. The Morgan fingerprint density at radius 2 is 2.11 bits per heavy atom. The minimum atomic E-state index is 0.122. The maximum absolute atomic E-state index is 6.01. The third-order valence-electron chi connectivity index (χ3n) is 3.32. The molecule has 0 amide bonds. The van der Waals surface area contributed by atoms with Gasteiger partial charge in [-0.05, 0) is 40.5 Å². The molecule has 1 aromatic heterocycles. The molecule has 5 nitrogen and oxygen atoms in total. The number of anilines is 1. The van der Waals surface area contributed by atoms with Crippen LogP contribution in [-0.4, -0.2) is 20.2 Å². The Hall–Kier alpha value is -1.62. The van der Waals surface area contributed by atoms with E-state index in [4.69, 9.17) is 17.3 Å². The molecule has 2 rings (SSSR count). The number of rotatable bonds is 4. The van der Waals surface area contributed by atoms with Crippen LogP contribution in [0.4, 0.5) is 5.69 Å². The number of nitrogen functional groups attached to an aromatic ring is 1. The van der Waals surface area contributed by atoms with Crippen molar-refractivity contribution in [1.82, 2.24) is 20.2 Å². The van der Waals surface area contributed by atoms with Gasteiger partial charge in [-0.2, -0.15) is 0 Å². The third kappa shape index (κ3) is 3.04. The Bertz CT molecular complexity index is 576. The summed E-state index contributed by atoms with van der Waals surface area (Å²) in [6.07, 6.45) is 1.04. The molecule has 0 aliphatic rings. The molecular formula is C13H18ClN5. The largest absolute Gasteiger partial charge is 0.398 e. The van der Waals surface area contributed by atoms with E-state index in [-0.39, 0.29) is 5.41 Å². The second-order valence-corrected chi connectivity index (χ2v) is 5.85. The number of hydrogen-bond donors (Lipinski definition) is 1. The highest BCUT2D eigenvalue weighted by atomic mass is 35.5. The van der Waals surface area contributed by atoms with Crippen molar-refractivity contribution in [3.63, 3.8) is 0 Å². The van der Waals surface area contributed by atoms with E-state index in [0.717, 1.165) is 18.5 Å². The van der Waals surface area contributed by atoms with Gasteiger partial charge >= 0.3 is 0 Å². The van der Waals surface area contributed by atoms with E-state index in [1.54, 1.807) is 22.9 Å². The molecule has 0 atom stereocenters. The van der Waals surface area contributed by atoms with Crippen LogP contribution in [0.3, 0.4) is 0 Å². The summed E-state index contributed by atoms with van der Waals surface area (Å²) in [4.78, 5) is 0.